The second kappa shape index (κ2) is 11.8. The molecule has 174 valence electrons. The minimum absolute atomic E-state index is 0.0170. The van der Waals surface area contributed by atoms with Crippen molar-refractivity contribution >= 4 is 33.2 Å². The summed E-state index contributed by atoms with van der Waals surface area (Å²) in [5.74, 6) is -0.114. The molecule has 2 N–H and O–H groups in total. The van der Waals surface area contributed by atoms with Gasteiger partial charge < -0.3 is 10.1 Å². The number of benzene rings is 3. The maximum atomic E-state index is 12.5. The zero-order valence-corrected chi connectivity index (χ0v) is 20.0. The van der Waals surface area contributed by atoms with Gasteiger partial charge in [-0.05, 0) is 54.3 Å². The summed E-state index contributed by atoms with van der Waals surface area (Å²) in [5, 5.41) is 2.87. The maximum absolute atomic E-state index is 12.5. The molecule has 3 rings (SSSR count). The van der Waals surface area contributed by atoms with Crippen LogP contribution >= 0.6 is 11.6 Å². The Labute approximate surface area is 200 Å². The van der Waals surface area contributed by atoms with Crippen LogP contribution in [-0.4, -0.2) is 20.9 Å². The smallest absolute Gasteiger partial charge is 0.262 e. The van der Waals surface area contributed by atoms with Crippen LogP contribution in [-0.2, 0) is 27.8 Å². The van der Waals surface area contributed by atoms with E-state index in [1.54, 1.807) is 0 Å². The number of ether oxygens (including phenoxy) is 1. The first kappa shape index (κ1) is 24.8. The van der Waals surface area contributed by atoms with Gasteiger partial charge in [0.2, 0.25) is 10.0 Å². The molecule has 0 radical (unpaired) electrons. The molecule has 0 aliphatic carbocycles. The van der Waals surface area contributed by atoms with Crippen LogP contribution in [0.4, 0.5) is 5.69 Å². The van der Waals surface area contributed by atoms with E-state index in [1.807, 2.05) is 54.6 Å². The fraction of sp³-hybridized carbons (Fsp3) is 0.240. The lowest BCUT2D eigenvalue weighted by Crippen LogP contribution is -2.23. The number of hydrogen-bond acceptors (Lipinski definition) is 4. The van der Waals surface area contributed by atoms with Gasteiger partial charge in [0, 0.05) is 12.2 Å². The molecule has 1 amide bonds. The van der Waals surface area contributed by atoms with E-state index in [0.717, 1.165) is 24.8 Å². The van der Waals surface area contributed by atoms with E-state index in [4.69, 9.17) is 16.3 Å². The molecule has 0 unspecified atom stereocenters. The van der Waals surface area contributed by atoms with Crippen LogP contribution in [0.2, 0.25) is 5.02 Å². The molecule has 8 heteroatoms. The van der Waals surface area contributed by atoms with Crippen molar-refractivity contribution in [3.8, 4) is 5.75 Å². The third kappa shape index (κ3) is 7.60. The molecule has 6 nitrogen and oxygen atoms in total. The Morgan fingerprint density at radius 2 is 1.70 bits per heavy atom. The summed E-state index contributed by atoms with van der Waals surface area (Å²) < 4.78 is 33.1. The average Bonchev–Trinajstić information content (AvgIpc) is 2.82. The van der Waals surface area contributed by atoms with Crippen molar-refractivity contribution in [3.05, 3.63) is 88.9 Å². The summed E-state index contributed by atoms with van der Waals surface area (Å²) in [6.07, 6.45) is 3.28. The molecular weight excluding hydrogens is 460 g/mol. The van der Waals surface area contributed by atoms with Crippen LogP contribution in [0.5, 0.6) is 5.75 Å². The van der Waals surface area contributed by atoms with Gasteiger partial charge in [0.25, 0.3) is 5.91 Å². The summed E-state index contributed by atoms with van der Waals surface area (Å²) in [4.78, 5) is 12.2. The Balaban J connectivity index is 1.53. The molecule has 0 spiro atoms. The largest absolute Gasteiger partial charge is 0.482 e. The van der Waals surface area contributed by atoms with Crippen molar-refractivity contribution in [1.29, 1.82) is 0 Å². The molecule has 3 aromatic carbocycles. The van der Waals surface area contributed by atoms with E-state index in [0.29, 0.717) is 5.69 Å². The summed E-state index contributed by atoms with van der Waals surface area (Å²) in [6, 6.07) is 21.0. The lowest BCUT2D eigenvalue weighted by Gasteiger charge is -2.11. The van der Waals surface area contributed by atoms with E-state index >= 15 is 0 Å². The molecule has 0 aromatic heterocycles. The molecule has 0 atom stereocenters. The molecular formula is C25H27ClN2O4S. The van der Waals surface area contributed by atoms with E-state index in [-0.39, 0.29) is 34.7 Å². The van der Waals surface area contributed by atoms with E-state index < -0.39 is 10.0 Å². The number of halogens is 1. The molecule has 0 saturated carbocycles. The third-order valence-corrected chi connectivity index (χ3v) is 6.63. The second-order valence-electron chi connectivity index (χ2n) is 7.54. The highest BCUT2D eigenvalue weighted by atomic mass is 35.5. The van der Waals surface area contributed by atoms with Crippen molar-refractivity contribution in [2.24, 2.45) is 0 Å². The number of carbonyl (C=O) groups excluding carboxylic acids is 1. The lowest BCUT2D eigenvalue weighted by atomic mass is 10.1. The predicted molar refractivity (Wildman–Crippen MR) is 131 cm³/mol. The van der Waals surface area contributed by atoms with Crippen LogP contribution in [0.3, 0.4) is 0 Å². The summed E-state index contributed by atoms with van der Waals surface area (Å²) in [5.41, 5.74) is 2.75. The average molecular weight is 487 g/mol. The number of amides is 1. The van der Waals surface area contributed by atoms with Crippen LogP contribution in [0.25, 0.3) is 0 Å². The van der Waals surface area contributed by atoms with Gasteiger partial charge in [0.15, 0.2) is 6.61 Å². The van der Waals surface area contributed by atoms with Crippen molar-refractivity contribution in [2.45, 2.75) is 37.6 Å². The van der Waals surface area contributed by atoms with Gasteiger partial charge in [-0.3, -0.25) is 4.79 Å². The van der Waals surface area contributed by atoms with Crippen LogP contribution in [0, 0.1) is 0 Å². The molecule has 0 heterocycles. The minimum Gasteiger partial charge on any atom is -0.482 e. The number of carbonyl (C=O) groups is 1. The Morgan fingerprint density at radius 1 is 0.970 bits per heavy atom. The van der Waals surface area contributed by atoms with Crippen molar-refractivity contribution in [3.63, 3.8) is 0 Å². The Morgan fingerprint density at radius 3 is 2.36 bits per heavy atom. The molecule has 0 aliphatic heterocycles. The number of rotatable bonds is 11. The zero-order valence-electron chi connectivity index (χ0n) is 18.4. The SMILES string of the molecule is CCCCc1ccc(NC(=O)COc2ccc(S(=O)(=O)NCc3ccccc3)cc2Cl)cc1. The molecule has 0 bridgehead atoms. The zero-order chi connectivity index (χ0) is 23.7. The number of sulfonamides is 1. The number of nitrogens with one attached hydrogen (secondary N) is 2. The van der Waals surface area contributed by atoms with Gasteiger partial charge in [-0.25, -0.2) is 13.1 Å². The highest BCUT2D eigenvalue weighted by molar-refractivity contribution is 7.89. The molecule has 0 saturated heterocycles. The topological polar surface area (TPSA) is 84.5 Å². The lowest BCUT2D eigenvalue weighted by molar-refractivity contribution is -0.118. The first-order valence-corrected chi connectivity index (χ1v) is 12.6. The van der Waals surface area contributed by atoms with Crippen LogP contribution in [0.15, 0.2) is 77.7 Å². The van der Waals surface area contributed by atoms with Gasteiger partial charge in [-0.2, -0.15) is 0 Å². The standard InChI is InChI=1S/C25H27ClN2O4S/c1-2-3-7-19-10-12-21(13-11-19)28-25(29)18-32-24-15-14-22(16-23(24)26)33(30,31)27-17-20-8-5-4-6-9-20/h4-6,8-16,27H,2-3,7,17-18H2,1H3,(H,28,29). The number of anilines is 1. The van der Waals surface area contributed by atoms with Gasteiger partial charge in [-0.1, -0.05) is 67.4 Å². The van der Waals surface area contributed by atoms with Crippen LogP contribution in [0.1, 0.15) is 30.9 Å². The maximum Gasteiger partial charge on any atom is 0.262 e. The summed E-state index contributed by atoms with van der Waals surface area (Å²) in [7, 11) is -3.75. The first-order chi connectivity index (χ1) is 15.9. The molecule has 0 aliphatic rings. The molecule has 0 fully saturated rings. The Kier molecular flexibility index (Phi) is 8.88. The number of hydrogen-bond donors (Lipinski definition) is 2. The fourth-order valence-electron chi connectivity index (χ4n) is 3.10. The molecule has 33 heavy (non-hydrogen) atoms. The highest BCUT2D eigenvalue weighted by Crippen LogP contribution is 2.27. The van der Waals surface area contributed by atoms with Gasteiger partial charge in [0.1, 0.15) is 5.75 Å². The third-order valence-electron chi connectivity index (χ3n) is 4.94. The van der Waals surface area contributed by atoms with E-state index in [9.17, 15) is 13.2 Å². The van der Waals surface area contributed by atoms with Gasteiger partial charge in [0.05, 0.1) is 9.92 Å². The summed E-state index contributed by atoms with van der Waals surface area (Å²) >= 11 is 6.21. The van der Waals surface area contributed by atoms with Crippen molar-refractivity contribution < 1.29 is 17.9 Å². The van der Waals surface area contributed by atoms with Crippen LogP contribution < -0.4 is 14.8 Å². The first-order valence-electron chi connectivity index (χ1n) is 10.7. The summed E-state index contributed by atoms with van der Waals surface area (Å²) in [6.45, 7) is 2.06. The fourth-order valence-corrected chi connectivity index (χ4v) is 4.44. The second-order valence-corrected chi connectivity index (χ2v) is 9.71. The Bertz CT molecular complexity index is 1170. The minimum atomic E-state index is -3.75. The van der Waals surface area contributed by atoms with Gasteiger partial charge in [-0.15, -0.1) is 0 Å². The quantitative estimate of drug-likeness (QED) is 0.391. The van der Waals surface area contributed by atoms with E-state index in [1.165, 1.54) is 23.8 Å². The monoisotopic (exact) mass is 486 g/mol. The normalized spacial score (nSPS) is 11.2. The van der Waals surface area contributed by atoms with E-state index in [2.05, 4.69) is 17.0 Å². The van der Waals surface area contributed by atoms with Crippen molar-refractivity contribution in [1.82, 2.24) is 4.72 Å². The van der Waals surface area contributed by atoms with Crippen molar-refractivity contribution in [2.75, 3.05) is 11.9 Å². The number of unbranched alkanes of at least 4 members (excludes halogenated alkanes) is 1. The Hall–Kier alpha value is -2.87. The number of aryl methyl sites for hydroxylation is 1. The van der Waals surface area contributed by atoms with Gasteiger partial charge >= 0.3 is 0 Å². The highest BCUT2D eigenvalue weighted by Gasteiger charge is 2.16. The molecule has 3 aromatic rings. The predicted octanol–water partition coefficient (Wildman–Crippen LogP) is 5.18.